The lowest BCUT2D eigenvalue weighted by Gasteiger charge is -2.47. The quantitative estimate of drug-likeness (QED) is 0.846. The second-order valence-electron chi connectivity index (χ2n) is 6.69. The molecule has 0 atom stereocenters. The molecule has 1 aromatic carbocycles. The van der Waals surface area contributed by atoms with Gasteiger partial charge in [0.2, 0.25) is 0 Å². The highest BCUT2D eigenvalue weighted by atomic mass is 19.4. The molecule has 0 unspecified atom stereocenters. The van der Waals surface area contributed by atoms with Crippen LogP contribution in [0.25, 0.3) is 0 Å². The molecule has 1 saturated heterocycles. The van der Waals surface area contributed by atoms with E-state index in [0.29, 0.717) is 17.8 Å². The van der Waals surface area contributed by atoms with Gasteiger partial charge in [-0.3, -0.25) is 0 Å². The summed E-state index contributed by atoms with van der Waals surface area (Å²) in [6, 6.07) is 4.65. The summed E-state index contributed by atoms with van der Waals surface area (Å²) >= 11 is 0. The van der Waals surface area contributed by atoms with Crippen molar-refractivity contribution >= 4 is 0 Å². The van der Waals surface area contributed by atoms with E-state index in [4.69, 9.17) is 0 Å². The van der Waals surface area contributed by atoms with Crippen LogP contribution in [0.2, 0.25) is 0 Å². The maximum atomic E-state index is 13.0. The number of hydrogen-bond acceptors (Lipinski definition) is 1. The van der Waals surface area contributed by atoms with Gasteiger partial charge in [0.1, 0.15) is 0 Å². The molecule has 21 heavy (non-hydrogen) atoms. The van der Waals surface area contributed by atoms with Crippen molar-refractivity contribution < 1.29 is 13.2 Å². The van der Waals surface area contributed by atoms with Crippen LogP contribution in [0.4, 0.5) is 13.2 Å². The fourth-order valence-electron chi connectivity index (χ4n) is 3.72. The number of nitrogens with one attached hydrogen (secondary N) is 1. The molecule has 116 valence electrons. The second-order valence-corrected chi connectivity index (χ2v) is 6.69. The molecule has 4 heteroatoms. The summed E-state index contributed by atoms with van der Waals surface area (Å²) in [4.78, 5) is 0. The van der Waals surface area contributed by atoms with Crippen LogP contribution in [-0.4, -0.2) is 13.1 Å². The third kappa shape index (κ3) is 2.96. The average Bonchev–Trinajstić information content (AvgIpc) is 2.44. The normalized spacial score (nSPS) is 22.3. The maximum absolute atomic E-state index is 13.0. The standard InChI is InChI=1S/C17H22F3N/c1-2-12-7-14(9-15(8-12)17(18,19)20)13-3-5-16(6-4-13)10-21-11-16/h7-9,13,21H,2-6,10-11H2,1H3. The Morgan fingerprint density at radius 1 is 1.14 bits per heavy atom. The summed E-state index contributed by atoms with van der Waals surface area (Å²) in [6.45, 7) is 4.08. The van der Waals surface area contributed by atoms with E-state index in [1.807, 2.05) is 13.0 Å². The topological polar surface area (TPSA) is 12.0 Å². The van der Waals surface area contributed by atoms with Crippen LogP contribution in [0.15, 0.2) is 18.2 Å². The van der Waals surface area contributed by atoms with E-state index >= 15 is 0 Å². The van der Waals surface area contributed by atoms with E-state index in [1.165, 1.54) is 12.1 Å². The van der Waals surface area contributed by atoms with Crippen LogP contribution in [0, 0.1) is 5.41 Å². The lowest BCUT2D eigenvalue weighted by Crippen LogP contribution is -2.54. The Bertz CT molecular complexity index is 507. The van der Waals surface area contributed by atoms with Crippen LogP contribution < -0.4 is 5.32 Å². The Balaban J connectivity index is 1.81. The Labute approximate surface area is 123 Å². The Kier molecular flexibility index (Phi) is 3.76. The third-order valence-electron chi connectivity index (χ3n) is 5.27. The highest BCUT2D eigenvalue weighted by Crippen LogP contribution is 2.46. The zero-order chi connectivity index (χ0) is 15.1. The van der Waals surface area contributed by atoms with Gasteiger partial charge in [-0.1, -0.05) is 13.0 Å². The summed E-state index contributed by atoms with van der Waals surface area (Å²) in [7, 11) is 0. The van der Waals surface area contributed by atoms with Gasteiger partial charge in [0.25, 0.3) is 0 Å². The van der Waals surface area contributed by atoms with Gasteiger partial charge < -0.3 is 5.32 Å². The largest absolute Gasteiger partial charge is 0.416 e. The van der Waals surface area contributed by atoms with E-state index < -0.39 is 11.7 Å². The minimum absolute atomic E-state index is 0.295. The lowest BCUT2D eigenvalue weighted by molar-refractivity contribution is -0.137. The van der Waals surface area contributed by atoms with Crippen molar-refractivity contribution in [1.82, 2.24) is 5.32 Å². The monoisotopic (exact) mass is 297 g/mol. The van der Waals surface area contributed by atoms with Crippen LogP contribution in [0.3, 0.4) is 0 Å². The smallest absolute Gasteiger partial charge is 0.316 e. The fourth-order valence-corrected chi connectivity index (χ4v) is 3.72. The molecule has 0 bridgehead atoms. The van der Waals surface area contributed by atoms with Crippen molar-refractivity contribution in [2.45, 2.75) is 51.1 Å². The van der Waals surface area contributed by atoms with Crippen molar-refractivity contribution in [3.8, 4) is 0 Å². The SMILES string of the molecule is CCc1cc(C2CCC3(CC2)CNC3)cc(C(F)(F)F)c1. The molecule has 1 N–H and O–H groups in total. The van der Waals surface area contributed by atoms with Crippen molar-refractivity contribution in [2.24, 2.45) is 5.41 Å². The molecule has 1 nitrogen and oxygen atoms in total. The predicted octanol–water partition coefficient (Wildman–Crippen LogP) is 4.52. The third-order valence-corrected chi connectivity index (χ3v) is 5.27. The maximum Gasteiger partial charge on any atom is 0.416 e. The number of halogens is 3. The molecule has 1 aliphatic heterocycles. The van der Waals surface area contributed by atoms with Crippen molar-refractivity contribution in [1.29, 1.82) is 0 Å². The zero-order valence-electron chi connectivity index (χ0n) is 12.4. The molecule has 3 rings (SSSR count). The average molecular weight is 297 g/mol. The second kappa shape index (κ2) is 5.31. The Hall–Kier alpha value is -1.03. The van der Waals surface area contributed by atoms with Gasteiger partial charge in [-0.05, 0) is 66.7 Å². The van der Waals surface area contributed by atoms with Crippen molar-refractivity contribution in [2.75, 3.05) is 13.1 Å². The molecular weight excluding hydrogens is 275 g/mol. The first-order valence-electron chi connectivity index (χ1n) is 7.84. The highest BCUT2D eigenvalue weighted by Gasteiger charge is 2.40. The van der Waals surface area contributed by atoms with E-state index in [-0.39, 0.29) is 0 Å². The van der Waals surface area contributed by atoms with Gasteiger partial charge in [-0.25, -0.2) is 0 Å². The number of aryl methyl sites for hydroxylation is 1. The van der Waals surface area contributed by atoms with Crippen LogP contribution >= 0.6 is 0 Å². The van der Waals surface area contributed by atoms with E-state index in [0.717, 1.165) is 49.9 Å². The first-order chi connectivity index (χ1) is 9.92. The molecule has 1 aromatic rings. The first kappa shape index (κ1) is 14.9. The summed E-state index contributed by atoms with van der Waals surface area (Å²) in [5.74, 6) is 0.295. The molecular formula is C17H22F3N. The summed E-state index contributed by atoms with van der Waals surface area (Å²) in [6.07, 6.45) is 0.730. The number of benzene rings is 1. The van der Waals surface area contributed by atoms with Crippen LogP contribution in [0.1, 0.15) is 55.2 Å². The van der Waals surface area contributed by atoms with Crippen molar-refractivity contribution in [3.05, 3.63) is 34.9 Å². The van der Waals surface area contributed by atoms with Crippen molar-refractivity contribution in [3.63, 3.8) is 0 Å². The first-order valence-corrected chi connectivity index (χ1v) is 7.84. The lowest BCUT2D eigenvalue weighted by atomic mass is 9.65. The Morgan fingerprint density at radius 3 is 2.29 bits per heavy atom. The van der Waals surface area contributed by atoms with Gasteiger partial charge >= 0.3 is 6.18 Å². The van der Waals surface area contributed by atoms with E-state index in [1.54, 1.807) is 0 Å². The molecule has 2 fully saturated rings. The number of rotatable bonds is 2. The molecule has 0 radical (unpaired) electrons. The minimum Gasteiger partial charge on any atom is -0.316 e. The van der Waals surface area contributed by atoms with Gasteiger partial charge in [0.05, 0.1) is 5.56 Å². The Morgan fingerprint density at radius 2 is 1.81 bits per heavy atom. The molecule has 1 heterocycles. The molecule has 1 aliphatic carbocycles. The molecule has 1 spiro atoms. The number of hydrogen-bond donors (Lipinski definition) is 1. The van der Waals surface area contributed by atoms with E-state index in [9.17, 15) is 13.2 Å². The summed E-state index contributed by atoms with van der Waals surface area (Å²) in [5, 5.41) is 3.32. The highest BCUT2D eigenvalue weighted by molar-refractivity contribution is 5.34. The van der Waals surface area contributed by atoms with Gasteiger partial charge in [-0.2, -0.15) is 13.2 Å². The van der Waals surface area contributed by atoms with E-state index in [2.05, 4.69) is 5.32 Å². The molecule has 2 aliphatic rings. The molecule has 0 aromatic heterocycles. The predicted molar refractivity (Wildman–Crippen MR) is 77.3 cm³/mol. The van der Waals surface area contributed by atoms with Gasteiger partial charge in [-0.15, -0.1) is 0 Å². The minimum atomic E-state index is -4.24. The molecule has 1 saturated carbocycles. The van der Waals surface area contributed by atoms with Crippen LogP contribution in [-0.2, 0) is 12.6 Å². The summed E-state index contributed by atoms with van der Waals surface area (Å²) < 4.78 is 39.1. The summed E-state index contributed by atoms with van der Waals surface area (Å²) in [5.41, 5.74) is 1.66. The zero-order valence-corrected chi connectivity index (χ0v) is 12.4. The number of alkyl halides is 3. The fraction of sp³-hybridized carbons (Fsp3) is 0.647. The van der Waals surface area contributed by atoms with Gasteiger partial charge in [0.15, 0.2) is 0 Å². The van der Waals surface area contributed by atoms with Gasteiger partial charge in [0, 0.05) is 13.1 Å². The van der Waals surface area contributed by atoms with Crippen LogP contribution in [0.5, 0.6) is 0 Å². The molecule has 0 amide bonds.